The molecule has 0 unspecified atom stereocenters. The van der Waals surface area contributed by atoms with E-state index in [0.717, 1.165) is 24.9 Å². The highest BCUT2D eigenvalue weighted by Gasteiger charge is 2.32. The molecule has 0 atom stereocenters. The van der Waals surface area contributed by atoms with E-state index in [2.05, 4.69) is 34.5 Å². The van der Waals surface area contributed by atoms with Crippen molar-refractivity contribution < 1.29 is 9.18 Å². The number of anilines is 1. The summed E-state index contributed by atoms with van der Waals surface area (Å²) >= 11 is 0. The minimum atomic E-state index is -0.257. The summed E-state index contributed by atoms with van der Waals surface area (Å²) in [5.74, 6) is -0.257. The number of nitrogens with zero attached hydrogens (tertiary/aromatic N) is 2. The van der Waals surface area contributed by atoms with Gasteiger partial charge in [0.15, 0.2) is 0 Å². The predicted octanol–water partition coefficient (Wildman–Crippen LogP) is 3.81. The van der Waals surface area contributed by atoms with Crippen LogP contribution in [-0.4, -0.2) is 37.6 Å². The minimum absolute atomic E-state index is 0.110. The molecule has 4 nitrogen and oxygen atoms in total. The van der Waals surface area contributed by atoms with Crippen molar-refractivity contribution in [1.29, 1.82) is 0 Å². The summed E-state index contributed by atoms with van der Waals surface area (Å²) in [4.78, 5) is 16.4. The zero-order valence-electron chi connectivity index (χ0n) is 15.4. The van der Waals surface area contributed by atoms with Gasteiger partial charge in [-0.2, -0.15) is 0 Å². The first kappa shape index (κ1) is 18.2. The van der Waals surface area contributed by atoms with E-state index in [4.69, 9.17) is 0 Å². The molecule has 2 aromatic carbocycles. The molecule has 0 saturated heterocycles. The molecular formula is C21H26FN3O. The molecule has 1 aliphatic carbocycles. The molecule has 1 saturated carbocycles. The second-order valence-corrected chi connectivity index (χ2v) is 6.99. The van der Waals surface area contributed by atoms with Crippen LogP contribution in [0.5, 0.6) is 0 Å². The highest BCUT2D eigenvalue weighted by molar-refractivity contribution is 5.75. The van der Waals surface area contributed by atoms with Crippen LogP contribution in [0.25, 0.3) is 0 Å². The Morgan fingerprint density at radius 2 is 1.81 bits per heavy atom. The molecular weight excluding hydrogens is 329 g/mol. The number of benzene rings is 2. The van der Waals surface area contributed by atoms with Crippen LogP contribution in [0.2, 0.25) is 0 Å². The van der Waals surface area contributed by atoms with Crippen LogP contribution >= 0.6 is 0 Å². The van der Waals surface area contributed by atoms with E-state index in [1.807, 2.05) is 14.1 Å². The van der Waals surface area contributed by atoms with Crippen LogP contribution in [0.1, 0.15) is 24.0 Å². The number of hydrogen-bond donors (Lipinski definition) is 1. The Bertz CT molecular complexity index is 741. The Morgan fingerprint density at radius 3 is 2.42 bits per heavy atom. The third-order valence-corrected chi connectivity index (χ3v) is 4.69. The van der Waals surface area contributed by atoms with Crippen molar-refractivity contribution in [1.82, 2.24) is 10.2 Å². The smallest absolute Gasteiger partial charge is 0.317 e. The second kappa shape index (κ2) is 8.21. The second-order valence-electron chi connectivity index (χ2n) is 6.99. The van der Waals surface area contributed by atoms with E-state index in [1.165, 1.54) is 11.6 Å². The van der Waals surface area contributed by atoms with Gasteiger partial charge in [0.2, 0.25) is 0 Å². The summed E-state index contributed by atoms with van der Waals surface area (Å²) in [5.41, 5.74) is 2.90. The van der Waals surface area contributed by atoms with Gasteiger partial charge in [-0.05, 0) is 43.0 Å². The minimum Gasteiger partial charge on any atom is -0.378 e. The van der Waals surface area contributed by atoms with Gasteiger partial charge in [-0.1, -0.05) is 30.3 Å². The molecule has 1 aliphatic rings. The molecule has 0 radical (unpaired) electrons. The topological polar surface area (TPSA) is 35.6 Å². The molecule has 1 fully saturated rings. The highest BCUT2D eigenvalue weighted by Crippen LogP contribution is 2.28. The van der Waals surface area contributed by atoms with Gasteiger partial charge in [0.1, 0.15) is 5.82 Å². The van der Waals surface area contributed by atoms with E-state index in [0.29, 0.717) is 18.7 Å². The molecule has 0 aromatic heterocycles. The molecule has 138 valence electrons. The summed E-state index contributed by atoms with van der Waals surface area (Å²) in [7, 11) is 4.02. The van der Waals surface area contributed by atoms with Crippen molar-refractivity contribution in [3.63, 3.8) is 0 Å². The van der Waals surface area contributed by atoms with E-state index in [9.17, 15) is 9.18 Å². The van der Waals surface area contributed by atoms with Gasteiger partial charge in [0.05, 0.1) is 6.54 Å². The van der Waals surface area contributed by atoms with Gasteiger partial charge < -0.3 is 15.1 Å². The number of nitrogens with one attached hydrogen (secondary N) is 1. The monoisotopic (exact) mass is 355 g/mol. The number of carbonyl (C=O) groups excluding carboxylic acids is 1. The van der Waals surface area contributed by atoms with Crippen molar-refractivity contribution in [3.05, 3.63) is 65.5 Å². The Balaban J connectivity index is 1.53. The SMILES string of the molecule is CN(C)c1ccc(CCNC(=O)N(Cc2ccccc2F)C2CC2)cc1. The lowest BCUT2D eigenvalue weighted by atomic mass is 10.1. The molecule has 0 spiro atoms. The molecule has 0 heterocycles. The number of urea groups is 1. The van der Waals surface area contributed by atoms with Crippen molar-refractivity contribution in [2.75, 3.05) is 25.5 Å². The van der Waals surface area contributed by atoms with Crippen LogP contribution in [0.15, 0.2) is 48.5 Å². The van der Waals surface area contributed by atoms with Gasteiger partial charge >= 0.3 is 6.03 Å². The van der Waals surface area contributed by atoms with Gasteiger partial charge in [-0.25, -0.2) is 9.18 Å². The maximum atomic E-state index is 13.9. The van der Waals surface area contributed by atoms with Crippen LogP contribution in [0.3, 0.4) is 0 Å². The highest BCUT2D eigenvalue weighted by atomic mass is 19.1. The molecule has 2 aromatic rings. The lowest BCUT2D eigenvalue weighted by molar-refractivity contribution is 0.191. The molecule has 0 aliphatic heterocycles. The van der Waals surface area contributed by atoms with Crippen LogP contribution in [0.4, 0.5) is 14.9 Å². The van der Waals surface area contributed by atoms with Gasteiger partial charge in [0.25, 0.3) is 0 Å². The lowest BCUT2D eigenvalue weighted by Crippen LogP contribution is -2.41. The summed E-state index contributed by atoms with van der Waals surface area (Å²) in [6, 6.07) is 15.1. The van der Waals surface area contributed by atoms with Gasteiger partial charge in [-0.15, -0.1) is 0 Å². The number of hydrogen-bond acceptors (Lipinski definition) is 2. The molecule has 3 rings (SSSR count). The predicted molar refractivity (Wildman–Crippen MR) is 103 cm³/mol. The van der Waals surface area contributed by atoms with E-state index in [1.54, 1.807) is 23.1 Å². The number of rotatable bonds is 7. The van der Waals surface area contributed by atoms with E-state index >= 15 is 0 Å². The zero-order chi connectivity index (χ0) is 18.5. The molecule has 1 N–H and O–H groups in total. The Kier molecular flexibility index (Phi) is 5.76. The lowest BCUT2D eigenvalue weighted by Gasteiger charge is -2.23. The fourth-order valence-corrected chi connectivity index (χ4v) is 2.94. The number of carbonyl (C=O) groups is 1. The van der Waals surface area contributed by atoms with Crippen molar-refractivity contribution in [2.24, 2.45) is 0 Å². The first-order valence-electron chi connectivity index (χ1n) is 9.09. The largest absolute Gasteiger partial charge is 0.378 e. The average Bonchev–Trinajstić information content (AvgIpc) is 3.46. The fourth-order valence-electron chi connectivity index (χ4n) is 2.94. The molecule has 5 heteroatoms. The summed E-state index contributed by atoms with van der Waals surface area (Å²) < 4.78 is 13.9. The fraction of sp³-hybridized carbons (Fsp3) is 0.381. The van der Waals surface area contributed by atoms with Crippen LogP contribution < -0.4 is 10.2 Å². The Labute approximate surface area is 154 Å². The van der Waals surface area contributed by atoms with Crippen LogP contribution in [-0.2, 0) is 13.0 Å². The third-order valence-electron chi connectivity index (χ3n) is 4.69. The Morgan fingerprint density at radius 1 is 1.12 bits per heavy atom. The third kappa shape index (κ3) is 4.75. The molecule has 2 amide bonds. The van der Waals surface area contributed by atoms with Gasteiger partial charge in [-0.3, -0.25) is 0 Å². The van der Waals surface area contributed by atoms with Crippen molar-refractivity contribution in [2.45, 2.75) is 31.8 Å². The van der Waals surface area contributed by atoms with E-state index < -0.39 is 0 Å². The molecule has 0 bridgehead atoms. The zero-order valence-corrected chi connectivity index (χ0v) is 15.4. The van der Waals surface area contributed by atoms with E-state index in [-0.39, 0.29) is 17.9 Å². The average molecular weight is 355 g/mol. The van der Waals surface area contributed by atoms with Gasteiger partial charge in [0, 0.05) is 37.9 Å². The molecule has 26 heavy (non-hydrogen) atoms. The normalized spacial score (nSPS) is 13.3. The van der Waals surface area contributed by atoms with Crippen molar-refractivity contribution >= 4 is 11.7 Å². The maximum Gasteiger partial charge on any atom is 0.317 e. The summed E-state index contributed by atoms with van der Waals surface area (Å²) in [6.45, 7) is 0.890. The first-order chi connectivity index (χ1) is 12.5. The standard InChI is InChI=1S/C21H26FN3O/c1-24(2)18-9-7-16(8-10-18)13-14-23-21(26)25(19-11-12-19)15-17-5-3-4-6-20(17)22/h3-10,19H,11-15H2,1-2H3,(H,23,26). The van der Waals surface area contributed by atoms with Crippen molar-refractivity contribution in [3.8, 4) is 0 Å². The van der Waals surface area contributed by atoms with Crippen LogP contribution in [0, 0.1) is 5.82 Å². The number of halogens is 1. The maximum absolute atomic E-state index is 13.9. The number of amides is 2. The summed E-state index contributed by atoms with van der Waals surface area (Å²) in [6.07, 6.45) is 2.76. The Hall–Kier alpha value is -2.56. The quantitative estimate of drug-likeness (QED) is 0.820. The summed E-state index contributed by atoms with van der Waals surface area (Å²) in [5, 5.41) is 2.98. The first-order valence-corrected chi connectivity index (χ1v) is 9.09.